The molecule has 0 saturated heterocycles. The smallest absolute Gasteiger partial charge is 0.318 e. The van der Waals surface area contributed by atoms with Crippen molar-refractivity contribution in [3.05, 3.63) is 0 Å². The lowest BCUT2D eigenvalue weighted by Crippen LogP contribution is -2.31. The monoisotopic (exact) mass is 214 g/mol. The topological polar surface area (TPSA) is 52.6 Å². The molecule has 0 aromatic heterocycles. The highest BCUT2D eigenvalue weighted by atomic mass is 32.1. The highest BCUT2D eigenvalue weighted by Crippen LogP contribution is 2.02. The first-order chi connectivity index (χ1) is 5.06. The maximum Gasteiger partial charge on any atom is 0.318 e. The number of carbonyl (C=O) groups is 1. The van der Waals surface area contributed by atoms with E-state index in [1.807, 2.05) is 0 Å². The number of rotatable bonds is 5. The first-order valence-electron chi connectivity index (χ1n) is 2.92. The lowest BCUT2D eigenvalue weighted by Gasteiger charge is -2.17. The van der Waals surface area contributed by atoms with Gasteiger partial charge in [0, 0.05) is 6.54 Å². The summed E-state index contributed by atoms with van der Waals surface area (Å²) in [4.78, 5) is 10.2. The van der Waals surface area contributed by atoms with Crippen LogP contribution in [0.1, 0.15) is 0 Å². The van der Waals surface area contributed by atoms with Gasteiger partial charge in [0.25, 0.3) is 0 Å². The van der Waals surface area contributed by atoms with E-state index in [2.05, 4.69) is 36.5 Å². The zero-order valence-electron chi connectivity index (χ0n) is 5.90. The zero-order valence-corrected chi connectivity index (χ0v) is 9.10. The summed E-state index contributed by atoms with van der Waals surface area (Å²) in [6, 6.07) is 0. The molecular formula is C4H12N2O2P2S. The number of hydrogen-bond donors (Lipinski definition) is 3. The van der Waals surface area contributed by atoms with E-state index in [4.69, 9.17) is 5.11 Å². The molecule has 0 aliphatic heterocycles. The van der Waals surface area contributed by atoms with Crippen LogP contribution in [0.25, 0.3) is 0 Å². The molecular weight excluding hydrogens is 202 g/mol. The first kappa shape index (κ1) is 11.6. The van der Waals surface area contributed by atoms with Gasteiger partial charge in [0.2, 0.25) is 0 Å². The van der Waals surface area contributed by atoms with Crippen molar-refractivity contribution in [2.75, 3.05) is 13.1 Å². The van der Waals surface area contributed by atoms with Crippen LogP contribution in [0.15, 0.2) is 0 Å². The van der Waals surface area contributed by atoms with E-state index in [0.29, 0.717) is 6.54 Å². The van der Waals surface area contributed by atoms with Crippen molar-refractivity contribution in [3.63, 3.8) is 0 Å². The summed E-state index contributed by atoms with van der Waals surface area (Å²) in [7, 11) is 4.65. The van der Waals surface area contributed by atoms with Crippen LogP contribution in [0.2, 0.25) is 0 Å². The molecule has 11 heavy (non-hydrogen) atoms. The van der Waals surface area contributed by atoms with Gasteiger partial charge in [0.1, 0.15) is 0 Å². The van der Waals surface area contributed by atoms with E-state index in [1.165, 1.54) is 0 Å². The van der Waals surface area contributed by atoms with Crippen molar-refractivity contribution in [2.24, 2.45) is 0 Å². The number of nitrogens with one attached hydrogen (secondary N) is 1. The Labute approximate surface area is 76.0 Å². The van der Waals surface area contributed by atoms with Gasteiger partial charge in [-0.1, -0.05) is 18.8 Å². The molecule has 0 amide bonds. The van der Waals surface area contributed by atoms with Gasteiger partial charge in [-0.05, 0) is 0 Å². The molecule has 3 atom stereocenters. The maximum absolute atomic E-state index is 10.2. The molecule has 0 bridgehead atoms. The first-order valence-corrected chi connectivity index (χ1v) is 4.53. The lowest BCUT2D eigenvalue weighted by molar-refractivity contribution is -0.137. The summed E-state index contributed by atoms with van der Waals surface area (Å²) in [6.45, 7) is 0.567. The van der Waals surface area contributed by atoms with Crippen LogP contribution in [0.4, 0.5) is 0 Å². The van der Waals surface area contributed by atoms with Crippen molar-refractivity contribution in [1.29, 1.82) is 0 Å². The van der Waals surface area contributed by atoms with Crippen LogP contribution in [0.3, 0.4) is 0 Å². The Balaban J connectivity index is 3.51. The summed E-state index contributed by atoms with van der Waals surface area (Å²) in [6.07, 6.45) is 0. The largest absolute Gasteiger partial charge is 0.480 e. The average molecular weight is 214 g/mol. The van der Waals surface area contributed by atoms with Crippen LogP contribution in [0, 0.1) is 0 Å². The van der Waals surface area contributed by atoms with Gasteiger partial charge >= 0.3 is 5.97 Å². The minimum Gasteiger partial charge on any atom is -0.480 e. The third kappa shape index (κ3) is 6.98. The predicted molar refractivity (Wildman–Crippen MR) is 54.5 cm³/mol. The molecule has 0 aliphatic rings. The Morgan fingerprint density at radius 1 is 1.82 bits per heavy atom. The summed E-state index contributed by atoms with van der Waals surface area (Å²) in [5.74, 6) is -0.843. The van der Waals surface area contributed by atoms with Crippen molar-refractivity contribution in [2.45, 2.75) is 5.37 Å². The number of hydrogen-bond acceptors (Lipinski definition) is 4. The van der Waals surface area contributed by atoms with Crippen molar-refractivity contribution < 1.29 is 9.90 Å². The molecule has 4 nitrogen and oxygen atoms in total. The molecule has 3 unspecified atom stereocenters. The Kier molecular flexibility index (Phi) is 6.49. The number of nitrogens with zero attached hydrogens (tertiary/aromatic N) is 1. The lowest BCUT2D eigenvalue weighted by atomic mass is 10.6. The van der Waals surface area contributed by atoms with Gasteiger partial charge < -0.3 is 5.11 Å². The molecule has 0 heterocycles. The molecule has 0 aromatic rings. The van der Waals surface area contributed by atoms with Crippen LogP contribution in [-0.4, -0.2) is 34.2 Å². The zero-order chi connectivity index (χ0) is 8.85. The maximum atomic E-state index is 10.2. The average Bonchev–Trinajstić information content (AvgIpc) is 1.85. The fraction of sp³-hybridized carbons (Fsp3) is 0.750. The van der Waals surface area contributed by atoms with Gasteiger partial charge in [-0.25, -0.2) is 0 Å². The second-order valence-corrected chi connectivity index (χ2v) is 3.69. The second kappa shape index (κ2) is 6.15. The molecule has 66 valence electrons. The number of carboxylic acid groups (broad SMARTS) is 1. The molecule has 0 aromatic carbocycles. The van der Waals surface area contributed by atoms with Gasteiger partial charge in [-0.2, -0.15) is 12.6 Å². The molecule has 7 heteroatoms. The molecule has 0 aliphatic carbocycles. The highest BCUT2D eigenvalue weighted by molar-refractivity contribution is 7.81. The van der Waals surface area contributed by atoms with Gasteiger partial charge in [-0.15, -0.1) is 0 Å². The molecule has 2 N–H and O–H groups in total. The SMILES string of the molecule is O=C(O)CN(P)CC(S)NP. The van der Waals surface area contributed by atoms with E-state index in [9.17, 15) is 4.79 Å². The van der Waals surface area contributed by atoms with E-state index in [1.54, 1.807) is 4.67 Å². The number of carboxylic acids is 1. The van der Waals surface area contributed by atoms with E-state index in [0.717, 1.165) is 0 Å². The minimum atomic E-state index is -0.843. The molecule has 0 spiro atoms. The van der Waals surface area contributed by atoms with Crippen LogP contribution in [-0.2, 0) is 4.79 Å². The molecule has 0 rings (SSSR count). The minimum absolute atomic E-state index is 0.00801. The predicted octanol–water partition coefficient (Wildman–Crippen LogP) is -0.201. The van der Waals surface area contributed by atoms with Crippen LogP contribution in [0.5, 0.6) is 0 Å². The second-order valence-electron chi connectivity index (χ2n) is 2.01. The number of thiol groups is 1. The van der Waals surface area contributed by atoms with Crippen LogP contribution < -0.4 is 5.09 Å². The Bertz CT molecular complexity index is 137. The summed E-state index contributed by atoms with van der Waals surface area (Å²) in [5.41, 5.74) is 0. The summed E-state index contributed by atoms with van der Waals surface area (Å²) < 4.78 is 1.59. The van der Waals surface area contributed by atoms with Crippen molar-refractivity contribution >= 4 is 37.4 Å². The van der Waals surface area contributed by atoms with E-state index >= 15 is 0 Å². The Morgan fingerprint density at radius 2 is 2.36 bits per heavy atom. The molecule has 0 fully saturated rings. The fourth-order valence-electron chi connectivity index (χ4n) is 0.513. The third-order valence-electron chi connectivity index (χ3n) is 0.938. The van der Waals surface area contributed by atoms with E-state index in [-0.39, 0.29) is 11.9 Å². The van der Waals surface area contributed by atoms with Gasteiger partial charge in [-0.3, -0.25) is 14.6 Å². The quantitative estimate of drug-likeness (QED) is 0.337. The highest BCUT2D eigenvalue weighted by Gasteiger charge is 2.07. The van der Waals surface area contributed by atoms with Crippen LogP contribution >= 0.6 is 31.4 Å². The Hall–Kier alpha value is 0.600. The summed E-state index contributed by atoms with van der Waals surface area (Å²) in [5, 5.41) is 11.1. The third-order valence-corrected chi connectivity index (χ3v) is 2.33. The van der Waals surface area contributed by atoms with Gasteiger partial charge in [0.15, 0.2) is 0 Å². The normalized spacial score (nSPS) is 13.5. The van der Waals surface area contributed by atoms with E-state index < -0.39 is 5.97 Å². The fourth-order valence-corrected chi connectivity index (χ4v) is 1.37. The number of aliphatic carboxylic acids is 1. The standard InChI is InChI=1S/C4H12N2O2P2S/c7-4(8)2-6(10)1-3(11)5-9/h3,5,11H,1-2,9-10H2,(H,7,8). The van der Waals surface area contributed by atoms with Crippen molar-refractivity contribution in [1.82, 2.24) is 9.76 Å². The summed E-state index contributed by atoms with van der Waals surface area (Å²) >= 11 is 4.11. The molecule has 0 radical (unpaired) electrons. The molecule has 0 saturated carbocycles. The van der Waals surface area contributed by atoms with Crippen molar-refractivity contribution in [3.8, 4) is 0 Å². The Morgan fingerprint density at radius 3 is 2.73 bits per heavy atom. The van der Waals surface area contributed by atoms with Gasteiger partial charge in [0.05, 0.1) is 11.9 Å².